The topological polar surface area (TPSA) is 31.6 Å². The van der Waals surface area contributed by atoms with Crippen molar-refractivity contribution in [2.45, 2.75) is 0 Å². The van der Waals surface area contributed by atoms with Crippen molar-refractivity contribution in [3.8, 4) is 11.1 Å². The molecule has 0 amide bonds. The molecule has 0 radical (unpaired) electrons. The van der Waals surface area contributed by atoms with Crippen molar-refractivity contribution in [2.75, 3.05) is 0 Å². The fraction of sp³-hybridized carbons (Fsp3) is 0. The van der Waals surface area contributed by atoms with Gasteiger partial charge in [-0.1, -0.05) is 24.3 Å². The molecule has 4 rings (SSSR count). The van der Waals surface area contributed by atoms with E-state index in [1.165, 1.54) is 32.9 Å². The van der Waals surface area contributed by atoms with E-state index in [1.54, 1.807) is 0 Å². The summed E-state index contributed by atoms with van der Waals surface area (Å²) in [7, 11) is 0. The molecule has 0 aliphatic heterocycles. The molecule has 86 valence electrons. The van der Waals surface area contributed by atoms with Gasteiger partial charge in [0.15, 0.2) is 0 Å². The van der Waals surface area contributed by atoms with Crippen molar-refractivity contribution in [1.29, 1.82) is 0 Å². The van der Waals surface area contributed by atoms with Crippen LogP contribution in [0.5, 0.6) is 0 Å². The van der Waals surface area contributed by atoms with Gasteiger partial charge in [-0.3, -0.25) is 0 Å². The van der Waals surface area contributed by atoms with Crippen molar-refractivity contribution >= 4 is 21.8 Å². The molecular formula is C16H12N2. The van der Waals surface area contributed by atoms with Crippen LogP contribution in [0.15, 0.2) is 60.9 Å². The van der Waals surface area contributed by atoms with Gasteiger partial charge in [0.1, 0.15) is 0 Å². The zero-order valence-corrected chi connectivity index (χ0v) is 9.77. The Labute approximate surface area is 104 Å². The predicted octanol–water partition coefficient (Wildman–Crippen LogP) is 4.32. The highest BCUT2D eigenvalue weighted by Gasteiger charge is 2.07. The molecule has 0 saturated heterocycles. The summed E-state index contributed by atoms with van der Waals surface area (Å²) in [4.78, 5) is 6.53. The third-order valence-corrected chi connectivity index (χ3v) is 3.48. The van der Waals surface area contributed by atoms with Gasteiger partial charge in [-0.2, -0.15) is 0 Å². The minimum absolute atomic E-state index is 1.18. The normalized spacial score (nSPS) is 11.3. The van der Waals surface area contributed by atoms with Crippen LogP contribution in [0.1, 0.15) is 0 Å². The molecule has 4 aromatic rings. The lowest BCUT2D eigenvalue weighted by Gasteiger charge is -2.05. The molecule has 0 bridgehead atoms. The van der Waals surface area contributed by atoms with Crippen LogP contribution >= 0.6 is 0 Å². The van der Waals surface area contributed by atoms with Crippen LogP contribution in [0, 0.1) is 0 Å². The predicted molar refractivity (Wildman–Crippen MR) is 75.6 cm³/mol. The fourth-order valence-electron chi connectivity index (χ4n) is 2.64. The van der Waals surface area contributed by atoms with Crippen LogP contribution in [-0.2, 0) is 0 Å². The number of rotatable bonds is 1. The van der Waals surface area contributed by atoms with E-state index in [0.717, 1.165) is 0 Å². The van der Waals surface area contributed by atoms with Crippen LogP contribution in [-0.4, -0.2) is 9.97 Å². The van der Waals surface area contributed by atoms with Gasteiger partial charge in [-0.05, 0) is 35.4 Å². The van der Waals surface area contributed by atoms with Crippen LogP contribution in [0.3, 0.4) is 0 Å². The molecule has 2 nitrogen and oxygen atoms in total. The number of fused-ring (bicyclic) bond motifs is 2. The van der Waals surface area contributed by atoms with Gasteiger partial charge in [0.05, 0.1) is 0 Å². The summed E-state index contributed by atoms with van der Waals surface area (Å²) in [6, 6.07) is 17.0. The maximum Gasteiger partial charge on any atom is 0.0460 e. The van der Waals surface area contributed by atoms with E-state index in [-0.39, 0.29) is 0 Å². The van der Waals surface area contributed by atoms with Gasteiger partial charge >= 0.3 is 0 Å². The minimum Gasteiger partial charge on any atom is -0.361 e. The summed E-state index contributed by atoms with van der Waals surface area (Å²) in [6.45, 7) is 0. The molecule has 0 saturated carbocycles. The Balaban J connectivity index is 2.13. The average molecular weight is 232 g/mol. The van der Waals surface area contributed by atoms with Crippen molar-refractivity contribution in [2.24, 2.45) is 0 Å². The number of aromatic nitrogens is 2. The lowest BCUT2D eigenvalue weighted by molar-refractivity contribution is 1.48. The van der Waals surface area contributed by atoms with Crippen molar-refractivity contribution in [3.05, 3.63) is 60.9 Å². The highest BCUT2D eigenvalue weighted by atomic mass is 14.7. The second-order valence-corrected chi connectivity index (χ2v) is 4.49. The summed E-state index contributed by atoms with van der Waals surface area (Å²) in [5.74, 6) is 0. The molecule has 2 heterocycles. The molecular weight excluding hydrogens is 220 g/mol. The first-order valence-electron chi connectivity index (χ1n) is 6.06. The van der Waals surface area contributed by atoms with E-state index >= 15 is 0 Å². The Bertz CT molecular complexity index is 764. The van der Waals surface area contributed by atoms with E-state index in [0.29, 0.717) is 0 Å². The molecule has 2 N–H and O–H groups in total. The highest BCUT2D eigenvalue weighted by Crippen LogP contribution is 2.33. The zero-order valence-electron chi connectivity index (χ0n) is 9.77. The smallest absolute Gasteiger partial charge is 0.0460 e. The van der Waals surface area contributed by atoms with Gasteiger partial charge in [-0.25, -0.2) is 0 Å². The zero-order chi connectivity index (χ0) is 11.9. The number of nitrogens with one attached hydrogen (secondary N) is 2. The number of hydrogen-bond donors (Lipinski definition) is 2. The monoisotopic (exact) mass is 232 g/mol. The number of aromatic amines is 2. The van der Waals surface area contributed by atoms with Gasteiger partial charge < -0.3 is 9.97 Å². The molecule has 2 aromatic heterocycles. The van der Waals surface area contributed by atoms with Crippen LogP contribution in [0.2, 0.25) is 0 Å². The van der Waals surface area contributed by atoms with E-state index in [2.05, 4.69) is 58.5 Å². The lowest BCUT2D eigenvalue weighted by atomic mass is 9.99. The third kappa shape index (κ3) is 1.23. The van der Waals surface area contributed by atoms with E-state index < -0.39 is 0 Å². The lowest BCUT2D eigenvalue weighted by Crippen LogP contribution is -1.80. The summed E-state index contributed by atoms with van der Waals surface area (Å²) in [6.07, 6.45) is 3.98. The number of H-pyrrole nitrogens is 2. The van der Waals surface area contributed by atoms with Crippen LogP contribution in [0.4, 0.5) is 0 Å². The molecule has 0 unspecified atom stereocenters. The molecule has 0 spiro atoms. The first-order valence-corrected chi connectivity index (χ1v) is 6.06. The van der Waals surface area contributed by atoms with Crippen molar-refractivity contribution in [3.63, 3.8) is 0 Å². The van der Waals surface area contributed by atoms with Crippen LogP contribution < -0.4 is 0 Å². The Hall–Kier alpha value is -2.48. The second-order valence-electron chi connectivity index (χ2n) is 4.49. The maximum absolute atomic E-state index is 3.26. The van der Waals surface area contributed by atoms with E-state index in [1.807, 2.05) is 12.4 Å². The highest BCUT2D eigenvalue weighted by molar-refractivity contribution is 6.04. The Morgan fingerprint density at radius 2 is 1.06 bits per heavy atom. The summed E-state index contributed by atoms with van der Waals surface area (Å²) in [5.41, 5.74) is 4.91. The van der Waals surface area contributed by atoms with Gasteiger partial charge in [0, 0.05) is 34.2 Å². The van der Waals surface area contributed by atoms with E-state index in [4.69, 9.17) is 0 Å². The molecule has 2 aromatic carbocycles. The Morgan fingerprint density at radius 1 is 0.556 bits per heavy atom. The minimum atomic E-state index is 1.18. The average Bonchev–Trinajstić information content (AvgIpc) is 3.06. The SMILES string of the molecule is c1cc(-c2cccc3[nH]ccc23)c2cc[nH]c2c1. The molecule has 2 heteroatoms. The molecule has 0 atom stereocenters. The van der Waals surface area contributed by atoms with Gasteiger partial charge in [0.25, 0.3) is 0 Å². The fourth-order valence-corrected chi connectivity index (χ4v) is 2.64. The molecule has 18 heavy (non-hydrogen) atoms. The van der Waals surface area contributed by atoms with Gasteiger partial charge in [-0.15, -0.1) is 0 Å². The summed E-state index contributed by atoms with van der Waals surface area (Å²) in [5, 5.41) is 2.54. The van der Waals surface area contributed by atoms with Crippen molar-refractivity contribution in [1.82, 2.24) is 9.97 Å². The summed E-state index contributed by atoms with van der Waals surface area (Å²) < 4.78 is 0. The molecule has 0 aliphatic carbocycles. The molecule has 0 aliphatic rings. The Morgan fingerprint density at radius 3 is 1.56 bits per heavy atom. The first-order chi connectivity index (χ1) is 8.93. The largest absolute Gasteiger partial charge is 0.361 e. The standard InChI is InChI=1S/C16H12N2/c1-3-11(13-7-9-17-15(13)5-1)12-4-2-6-16-14(12)8-10-18-16/h1-10,17-18H. The molecule has 0 fully saturated rings. The van der Waals surface area contributed by atoms with Crippen molar-refractivity contribution < 1.29 is 0 Å². The number of benzene rings is 2. The second kappa shape index (κ2) is 3.50. The van der Waals surface area contributed by atoms with E-state index in [9.17, 15) is 0 Å². The number of hydrogen-bond acceptors (Lipinski definition) is 0. The van der Waals surface area contributed by atoms with Gasteiger partial charge in [0.2, 0.25) is 0 Å². The van der Waals surface area contributed by atoms with Crippen LogP contribution in [0.25, 0.3) is 32.9 Å². The maximum atomic E-state index is 3.26. The summed E-state index contributed by atoms with van der Waals surface area (Å²) >= 11 is 0. The quantitative estimate of drug-likeness (QED) is 0.490. The third-order valence-electron chi connectivity index (χ3n) is 3.48. The first kappa shape index (κ1) is 9.54. The Kier molecular flexibility index (Phi) is 1.86.